The Balaban J connectivity index is 4.59. The molecule has 0 aliphatic carbocycles. The number of aliphatic hydroxyl groups is 2. The zero-order valence-electron chi connectivity index (χ0n) is 47.6. The normalized spacial score (nSPS) is 13.4. The van der Waals surface area contributed by atoms with Crippen molar-refractivity contribution in [1.29, 1.82) is 0 Å². The van der Waals surface area contributed by atoms with Crippen LogP contribution in [0.25, 0.3) is 0 Å². The highest BCUT2D eigenvalue weighted by molar-refractivity contribution is 5.77. The van der Waals surface area contributed by atoms with Crippen molar-refractivity contribution < 1.29 is 24.5 Å². The highest BCUT2D eigenvalue weighted by atomic mass is 16.5. The van der Waals surface area contributed by atoms with Crippen LogP contribution in [0.3, 0.4) is 0 Å². The summed E-state index contributed by atoms with van der Waals surface area (Å²) in [6.07, 6.45) is 73.3. The standard InChI is InChI=1S/C65H121NO5/c1-4-7-10-13-16-19-22-25-28-31-34-37-40-43-46-49-52-55-58-65(70)71-61(56-53-50-47-44-41-38-35-32-29-26-23-20-17-14-11-8-5-2)59-64(69)66-62(60-67)63(68)57-54-51-48-45-42-39-36-33-30-27-24-21-18-15-12-9-6-3/h17,20,26,29,35,38,44,47,61-63,67-68H,4-16,18-19,21-25,27-28,30-34,36-37,39-43,45-46,48-60H2,1-3H3,(H,66,69)/b20-17-,29-26-,38-35-,47-44-. The van der Waals surface area contributed by atoms with Gasteiger partial charge in [0.05, 0.1) is 25.2 Å². The van der Waals surface area contributed by atoms with Crippen LogP contribution < -0.4 is 5.32 Å². The van der Waals surface area contributed by atoms with E-state index in [1.807, 2.05) is 0 Å². The Morgan fingerprint density at radius 1 is 0.408 bits per heavy atom. The van der Waals surface area contributed by atoms with Gasteiger partial charge in [-0.2, -0.15) is 0 Å². The van der Waals surface area contributed by atoms with E-state index in [9.17, 15) is 19.8 Å². The molecule has 416 valence electrons. The highest BCUT2D eigenvalue weighted by Crippen LogP contribution is 2.19. The van der Waals surface area contributed by atoms with Gasteiger partial charge in [-0.25, -0.2) is 0 Å². The minimum Gasteiger partial charge on any atom is -0.462 e. The van der Waals surface area contributed by atoms with Gasteiger partial charge < -0.3 is 20.3 Å². The summed E-state index contributed by atoms with van der Waals surface area (Å²) >= 11 is 0. The van der Waals surface area contributed by atoms with E-state index < -0.39 is 18.2 Å². The summed E-state index contributed by atoms with van der Waals surface area (Å²) in [4.78, 5) is 26.4. The summed E-state index contributed by atoms with van der Waals surface area (Å²) in [5, 5.41) is 23.9. The summed E-state index contributed by atoms with van der Waals surface area (Å²) in [5.74, 6) is -0.510. The van der Waals surface area contributed by atoms with Gasteiger partial charge in [-0.3, -0.25) is 9.59 Å². The number of esters is 1. The van der Waals surface area contributed by atoms with Crippen molar-refractivity contribution in [2.45, 2.75) is 347 Å². The molecular formula is C65H121NO5. The SMILES string of the molecule is CCCCC/C=C\C/C=C\C/C=C\C/C=C\CCCC(CC(=O)NC(CO)C(O)CCCCCCCCCCCCCCCCCCC)OC(=O)CCCCCCCCCCCCCCCCCCCC. The molecule has 0 aliphatic rings. The van der Waals surface area contributed by atoms with Gasteiger partial charge in [-0.05, 0) is 64.2 Å². The number of aliphatic hydroxyl groups excluding tert-OH is 2. The van der Waals surface area contributed by atoms with Crippen LogP contribution in [-0.4, -0.2) is 46.9 Å². The molecule has 0 aliphatic heterocycles. The van der Waals surface area contributed by atoms with Crippen LogP contribution in [0.5, 0.6) is 0 Å². The summed E-state index contributed by atoms with van der Waals surface area (Å²) in [5.41, 5.74) is 0. The minimum absolute atomic E-state index is 0.0435. The number of amides is 1. The second-order valence-corrected chi connectivity index (χ2v) is 21.5. The lowest BCUT2D eigenvalue weighted by atomic mass is 10.0. The van der Waals surface area contributed by atoms with E-state index in [2.05, 4.69) is 74.7 Å². The first-order chi connectivity index (χ1) is 35.0. The van der Waals surface area contributed by atoms with Crippen LogP contribution in [0.2, 0.25) is 0 Å². The number of carbonyl (C=O) groups is 2. The molecule has 0 spiro atoms. The van der Waals surface area contributed by atoms with Crippen molar-refractivity contribution in [2.75, 3.05) is 6.61 Å². The first-order valence-electron chi connectivity index (χ1n) is 31.4. The average Bonchev–Trinajstić information content (AvgIpc) is 3.36. The molecular weight excluding hydrogens is 875 g/mol. The number of rotatable bonds is 57. The third kappa shape index (κ3) is 53.9. The maximum Gasteiger partial charge on any atom is 0.306 e. The Labute approximate surface area is 442 Å². The average molecular weight is 997 g/mol. The fourth-order valence-corrected chi connectivity index (χ4v) is 9.66. The molecule has 6 nitrogen and oxygen atoms in total. The molecule has 0 rings (SSSR count). The number of carbonyl (C=O) groups excluding carboxylic acids is 2. The third-order valence-electron chi connectivity index (χ3n) is 14.4. The maximum atomic E-state index is 13.3. The van der Waals surface area contributed by atoms with Crippen molar-refractivity contribution in [3.63, 3.8) is 0 Å². The lowest BCUT2D eigenvalue weighted by molar-refractivity contribution is -0.151. The summed E-state index contributed by atoms with van der Waals surface area (Å²) in [6.45, 7) is 6.49. The van der Waals surface area contributed by atoms with Crippen molar-refractivity contribution in [1.82, 2.24) is 5.32 Å². The molecule has 3 N–H and O–H groups in total. The van der Waals surface area contributed by atoms with Crippen LogP contribution in [0.15, 0.2) is 48.6 Å². The van der Waals surface area contributed by atoms with E-state index in [0.717, 1.165) is 70.6 Å². The van der Waals surface area contributed by atoms with Crippen LogP contribution in [-0.2, 0) is 14.3 Å². The second kappa shape index (κ2) is 58.7. The van der Waals surface area contributed by atoms with Crippen molar-refractivity contribution in [3.8, 4) is 0 Å². The Morgan fingerprint density at radius 2 is 0.732 bits per heavy atom. The zero-order chi connectivity index (χ0) is 51.6. The molecule has 0 saturated heterocycles. The molecule has 0 radical (unpaired) electrons. The Morgan fingerprint density at radius 3 is 1.11 bits per heavy atom. The number of allylic oxidation sites excluding steroid dienone is 8. The van der Waals surface area contributed by atoms with Gasteiger partial charge in [0, 0.05) is 6.42 Å². The fourth-order valence-electron chi connectivity index (χ4n) is 9.66. The molecule has 0 aromatic carbocycles. The van der Waals surface area contributed by atoms with E-state index in [1.165, 1.54) is 212 Å². The lowest BCUT2D eigenvalue weighted by Crippen LogP contribution is -2.46. The van der Waals surface area contributed by atoms with Crippen molar-refractivity contribution in [2.24, 2.45) is 0 Å². The zero-order valence-corrected chi connectivity index (χ0v) is 47.6. The summed E-state index contributed by atoms with van der Waals surface area (Å²) < 4.78 is 5.95. The van der Waals surface area contributed by atoms with Crippen LogP contribution in [0.4, 0.5) is 0 Å². The summed E-state index contributed by atoms with van der Waals surface area (Å²) in [7, 11) is 0. The van der Waals surface area contributed by atoms with Gasteiger partial charge >= 0.3 is 5.97 Å². The van der Waals surface area contributed by atoms with Crippen molar-refractivity contribution in [3.05, 3.63) is 48.6 Å². The molecule has 6 heteroatoms. The highest BCUT2D eigenvalue weighted by Gasteiger charge is 2.24. The van der Waals surface area contributed by atoms with Gasteiger partial charge in [0.1, 0.15) is 6.10 Å². The van der Waals surface area contributed by atoms with Gasteiger partial charge in [0.2, 0.25) is 5.91 Å². The fraction of sp³-hybridized carbons (Fsp3) is 0.846. The Hall–Kier alpha value is -2.18. The predicted octanol–water partition coefficient (Wildman–Crippen LogP) is 19.7. The Bertz CT molecular complexity index is 1210. The van der Waals surface area contributed by atoms with E-state index in [0.29, 0.717) is 19.3 Å². The lowest BCUT2D eigenvalue weighted by Gasteiger charge is -2.24. The molecule has 0 heterocycles. The monoisotopic (exact) mass is 996 g/mol. The van der Waals surface area contributed by atoms with Crippen molar-refractivity contribution >= 4 is 11.9 Å². The number of nitrogens with one attached hydrogen (secondary N) is 1. The van der Waals surface area contributed by atoms with Gasteiger partial charge in [0.25, 0.3) is 0 Å². The molecule has 3 unspecified atom stereocenters. The molecule has 0 bridgehead atoms. The molecule has 0 aromatic rings. The molecule has 0 aromatic heterocycles. The maximum absolute atomic E-state index is 13.3. The van der Waals surface area contributed by atoms with Crippen LogP contribution >= 0.6 is 0 Å². The van der Waals surface area contributed by atoms with Gasteiger partial charge in [-0.1, -0.05) is 301 Å². The molecule has 1 amide bonds. The Kier molecular flexibility index (Phi) is 56.9. The molecule has 0 saturated carbocycles. The first kappa shape index (κ1) is 68.8. The number of hydrogen-bond donors (Lipinski definition) is 3. The number of hydrogen-bond acceptors (Lipinski definition) is 5. The van der Waals surface area contributed by atoms with Crippen LogP contribution in [0, 0.1) is 0 Å². The molecule has 71 heavy (non-hydrogen) atoms. The first-order valence-corrected chi connectivity index (χ1v) is 31.4. The molecule has 0 fully saturated rings. The van der Waals surface area contributed by atoms with Crippen LogP contribution in [0.1, 0.15) is 329 Å². The quantitative estimate of drug-likeness (QED) is 0.0321. The topological polar surface area (TPSA) is 95.9 Å². The predicted molar refractivity (Wildman–Crippen MR) is 310 cm³/mol. The summed E-state index contributed by atoms with van der Waals surface area (Å²) in [6, 6.07) is -0.719. The van der Waals surface area contributed by atoms with E-state index in [-0.39, 0.29) is 24.9 Å². The smallest absolute Gasteiger partial charge is 0.306 e. The number of unbranched alkanes of at least 4 members (excludes halogenated alkanes) is 37. The third-order valence-corrected chi connectivity index (χ3v) is 14.4. The molecule has 3 atom stereocenters. The number of ether oxygens (including phenoxy) is 1. The van der Waals surface area contributed by atoms with E-state index in [1.54, 1.807) is 0 Å². The van der Waals surface area contributed by atoms with Gasteiger partial charge in [-0.15, -0.1) is 0 Å². The van der Waals surface area contributed by atoms with Gasteiger partial charge in [0.15, 0.2) is 0 Å². The largest absolute Gasteiger partial charge is 0.462 e. The van der Waals surface area contributed by atoms with E-state index in [4.69, 9.17) is 4.74 Å². The minimum atomic E-state index is -0.803. The second-order valence-electron chi connectivity index (χ2n) is 21.5. The van der Waals surface area contributed by atoms with E-state index >= 15 is 0 Å².